The molecule has 0 amide bonds. The molecular weight excluding hydrogens is 210 g/mol. The van der Waals surface area contributed by atoms with Crippen LogP contribution in [0.3, 0.4) is 0 Å². The topological polar surface area (TPSA) is 18.8 Å². The molecule has 0 saturated heterocycles. The van der Waals surface area contributed by atoms with E-state index < -0.39 is 0 Å². The summed E-state index contributed by atoms with van der Waals surface area (Å²) in [4.78, 5) is 9.23. The van der Waals surface area contributed by atoms with Gasteiger partial charge >= 0.3 is 0 Å². The average Bonchev–Trinajstić information content (AvgIpc) is 2.87. The van der Waals surface area contributed by atoms with Crippen LogP contribution in [-0.2, 0) is 0 Å². The zero-order chi connectivity index (χ0) is 11.8. The monoisotopic (exact) mass is 227 g/mol. The number of allylic oxidation sites excluding steroid dienone is 1. The van der Waals surface area contributed by atoms with Crippen molar-refractivity contribution in [1.29, 1.82) is 0 Å². The van der Waals surface area contributed by atoms with E-state index in [1.165, 1.54) is 16.9 Å². The number of para-hydroxylation sites is 2. The fourth-order valence-corrected chi connectivity index (χ4v) is 2.38. The molecule has 0 aliphatic carbocycles. The predicted molar refractivity (Wildman–Crippen MR) is 72.9 cm³/mol. The highest BCUT2D eigenvalue weighted by molar-refractivity contribution is 6.17. The van der Waals surface area contributed by atoms with Gasteiger partial charge in [0.15, 0.2) is 0 Å². The lowest BCUT2D eigenvalue weighted by Gasteiger charge is -2.17. The Kier molecular flexibility index (Phi) is 2.39. The van der Waals surface area contributed by atoms with Crippen molar-refractivity contribution in [2.75, 3.05) is 29.4 Å². The number of fused-ring (bicyclic) bond motifs is 3. The molecule has 0 aromatic heterocycles. The van der Waals surface area contributed by atoms with Crippen LogP contribution in [-0.4, -0.2) is 25.6 Å². The van der Waals surface area contributed by atoms with E-state index >= 15 is 0 Å². The number of aliphatic imine (C=N–C) groups is 1. The summed E-state index contributed by atoms with van der Waals surface area (Å²) in [5, 5.41) is 0. The van der Waals surface area contributed by atoms with Gasteiger partial charge in [-0.2, -0.15) is 0 Å². The van der Waals surface area contributed by atoms with E-state index in [1.54, 1.807) is 0 Å². The molecule has 0 saturated carbocycles. The fraction of sp³-hybridized carbons (Fsp3) is 0.357. The van der Waals surface area contributed by atoms with Crippen LogP contribution in [0.25, 0.3) is 0 Å². The van der Waals surface area contributed by atoms with E-state index in [0.717, 1.165) is 25.6 Å². The first-order valence-electron chi connectivity index (χ1n) is 6.09. The highest BCUT2D eigenvalue weighted by atomic mass is 15.5. The van der Waals surface area contributed by atoms with Crippen LogP contribution in [0, 0.1) is 0 Å². The number of anilines is 2. The molecule has 3 rings (SSSR count). The Balaban J connectivity index is 2.00. The first-order valence-corrected chi connectivity index (χ1v) is 6.09. The third-order valence-electron chi connectivity index (χ3n) is 3.21. The maximum atomic E-state index is 4.61. The highest BCUT2D eigenvalue weighted by Crippen LogP contribution is 2.38. The minimum atomic E-state index is 0.911. The lowest BCUT2D eigenvalue weighted by Crippen LogP contribution is -2.35. The SMILES string of the molecule is CC(C)=CCN1C2=NCCN2c2ccccc21. The van der Waals surface area contributed by atoms with Crippen molar-refractivity contribution >= 4 is 17.3 Å². The predicted octanol–water partition coefficient (Wildman–Crippen LogP) is 2.65. The van der Waals surface area contributed by atoms with Crippen molar-refractivity contribution < 1.29 is 0 Å². The Morgan fingerprint density at radius 2 is 2.06 bits per heavy atom. The molecule has 0 bridgehead atoms. The summed E-state index contributed by atoms with van der Waals surface area (Å²) in [7, 11) is 0. The summed E-state index contributed by atoms with van der Waals surface area (Å²) in [6, 6.07) is 8.55. The maximum Gasteiger partial charge on any atom is 0.206 e. The lowest BCUT2D eigenvalue weighted by atomic mass is 10.2. The fourth-order valence-electron chi connectivity index (χ4n) is 2.38. The summed E-state index contributed by atoms with van der Waals surface area (Å²) in [6.07, 6.45) is 2.25. The molecule has 0 unspecified atom stereocenters. The van der Waals surface area contributed by atoms with E-state index in [1.807, 2.05) is 0 Å². The van der Waals surface area contributed by atoms with E-state index in [4.69, 9.17) is 0 Å². The molecule has 0 atom stereocenters. The first-order chi connectivity index (χ1) is 8.27. The molecule has 3 heteroatoms. The first kappa shape index (κ1) is 10.4. The molecule has 0 radical (unpaired) electrons. The Hall–Kier alpha value is -1.77. The second-order valence-electron chi connectivity index (χ2n) is 4.71. The van der Waals surface area contributed by atoms with E-state index in [0.29, 0.717) is 0 Å². The summed E-state index contributed by atoms with van der Waals surface area (Å²) in [5.41, 5.74) is 3.92. The Labute approximate surface area is 102 Å². The zero-order valence-corrected chi connectivity index (χ0v) is 10.3. The van der Waals surface area contributed by atoms with Crippen molar-refractivity contribution in [2.24, 2.45) is 4.99 Å². The third-order valence-corrected chi connectivity index (χ3v) is 3.21. The largest absolute Gasteiger partial charge is 0.308 e. The van der Waals surface area contributed by atoms with Crippen molar-refractivity contribution in [1.82, 2.24) is 0 Å². The van der Waals surface area contributed by atoms with E-state index in [9.17, 15) is 0 Å². The van der Waals surface area contributed by atoms with Crippen molar-refractivity contribution in [3.63, 3.8) is 0 Å². The van der Waals surface area contributed by atoms with Gasteiger partial charge in [0, 0.05) is 13.1 Å². The quantitative estimate of drug-likeness (QED) is 0.723. The van der Waals surface area contributed by atoms with Crippen LogP contribution in [0.4, 0.5) is 11.4 Å². The van der Waals surface area contributed by atoms with Gasteiger partial charge in [-0.1, -0.05) is 23.8 Å². The summed E-state index contributed by atoms with van der Waals surface area (Å²) in [5.74, 6) is 1.11. The maximum absolute atomic E-state index is 4.61. The molecule has 3 nitrogen and oxygen atoms in total. The average molecular weight is 227 g/mol. The van der Waals surface area contributed by atoms with E-state index in [2.05, 4.69) is 59.0 Å². The smallest absolute Gasteiger partial charge is 0.206 e. The molecule has 0 spiro atoms. The summed E-state index contributed by atoms with van der Waals surface area (Å²) in [6.45, 7) is 7.10. The van der Waals surface area contributed by atoms with Gasteiger partial charge in [0.2, 0.25) is 5.96 Å². The molecule has 0 fully saturated rings. The van der Waals surface area contributed by atoms with Crippen molar-refractivity contribution in [3.8, 4) is 0 Å². The van der Waals surface area contributed by atoms with Crippen LogP contribution in [0.1, 0.15) is 13.8 Å². The molecule has 1 aromatic carbocycles. The standard InChI is InChI=1S/C14H17N3/c1-11(2)7-9-16-12-5-3-4-6-13(12)17-10-8-15-14(16)17/h3-7H,8-10H2,1-2H3. The van der Waals surface area contributed by atoms with Crippen LogP contribution in [0.5, 0.6) is 0 Å². The van der Waals surface area contributed by atoms with Gasteiger partial charge in [0.25, 0.3) is 0 Å². The zero-order valence-electron chi connectivity index (χ0n) is 10.3. The van der Waals surface area contributed by atoms with Gasteiger partial charge in [-0.05, 0) is 26.0 Å². The molecular formula is C14H17N3. The van der Waals surface area contributed by atoms with Gasteiger partial charge < -0.3 is 9.80 Å². The summed E-state index contributed by atoms with van der Waals surface area (Å²) >= 11 is 0. The van der Waals surface area contributed by atoms with Crippen LogP contribution in [0.2, 0.25) is 0 Å². The number of guanidine groups is 1. The van der Waals surface area contributed by atoms with Crippen LogP contribution >= 0.6 is 0 Å². The van der Waals surface area contributed by atoms with Gasteiger partial charge in [0.05, 0.1) is 17.9 Å². The Bertz CT molecular complexity index is 498. The molecule has 2 aliphatic heterocycles. The van der Waals surface area contributed by atoms with Gasteiger partial charge in [-0.3, -0.25) is 4.99 Å². The second-order valence-corrected chi connectivity index (χ2v) is 4.71. The lowest BCUT2D eigenvalue weighted by molar-refractivity contribution is 1.03. The molecule has 2 aliphatic rings. The van der Waals surface area contributed by atoms with Gasteiger partial charge in [0.1, 0.15) is 0 Å². The minimum absolute atomic E-state index is 0.911. The van der Waals surface area contributed by atoms with Crippen molar-refractivity contribution in [2.45, 2.75) is 13.8 Å². The molecule has 2 heterocycles. The Morgan fingerprint density at radius 1 is 1.29 bits per heavy atom. The number of hydrogen-bond donors (Lipinski definition) is 0. The van der Waals surface area contributed by atoms with E-state index in [-0.39, 0.29) is 0 Å². The number of hydrogen-bond acceptors (Lipinski definition) is 3. The highest BCUT2D eigenvalue weighted by Gasteiger charge is 2.33. The van der Waals surface area contributed by atoms with Crippen LogP contribution < -0.4 is 9.80 Å². The summed E-state index contributed by atoms with van der Waals surface area (Å²) < 4.78 is 0. The minimum Gasteiger partial charge on any atom is -0.308 e. The number of rotatable bonds is 2. The Morgan fingerprint density at radius 3 is 2.82 bits per heavy atom. The molecule has 17 heavy (non-hydrogen) atoms. The molecule has 0 N–H and O–H groups in total. The van der Waals surface area contributed by atoms with Gasteiger partial charge in [-0.15, -0.1) is 0 Å². The number of benzene rings is 1. The molecule has 88 valence electrons. The normalized spacial score (nSPS) is 16.7. The third kappa shape index (κ3) is 1.62. The van der Waals surface area contributed by atoms with Gasteiger partial charge in [-0.25, -0.2) is 0 Å². The second kappa shape index (κ2) is 3.91. The van der Waals surface area contributed by atoms with Crippen molar-refractivity contribution in [3.05, 3.63) is 35.9 Å². The molecule has 1 aromatic rings. The van der Waals surface area contributed by atoms with Crippen LogP contribution in [0.15, 0.2) is 40.9 Å². The number of nitrogens with zero attached hydrogens (tertiary/aromatic N) is 3.